The van der Waals surface area contributed by atoms with Gasteiger partial charge < -0.3 is 27.9 Å². The number of ether oxygens (including phenoxy) is 2. The zero-order chi connectivity index (χ0) is 37.9. The first-order valence-corrected chi connectivity index (χ1v) is 22.0. The molecule has 0 rings (SSSR count). The number of nitrogens with zero attached hydrogens (tertiary/aromatic N) is 1. The highest BCUT2D eigenvalue weighted by Crippen LogP contribution is 2.38. The number of likely N-dealkylation sites (N-methyl/N-ethyl adjacent to an activating group) is 1. The number of allylic oxidation sites excluding steroid dienone is 4. The third kappa shape index (κ3) is 38.0. The van der Waals surface area contributed by atoms with Gasteiger partial charge in [-0.05, 0) is 44.9 Å². The van der Waals surface area contributed by atoms with E-state index in [2.05, 4.69) is 38.2 Å². The third-order valence-electron chi connectivity index (χ3n) is 8.72. The Balaban J connectivity index is 4.42. The van der Waals surface area contributed by atoms with Gasteiger partial charge in [-0.15, -0.1) is 0 Å². The van der Waals surface area contributed by atoms with E-state index in [1.165, 1.54) is 83.5 Å². The Bertz CT molecular complexity index is 933. The molecule has 0 fully saturated rings. The number of carbonyl (C=O) groups is 2. The maximum atomic E-state index is 12.6. The first kappa shape index (κ1) is 49.5. The van der Waals surface area contributed by atoms with Gasteiger partial charge in [-0.3, -0.25) is 14.2 Å². The van der Waals surface area contributed by atoms with Gasteiger partial charge in [0.15, 0.2) is 6.10 Å². The third-order valence-corrected chi connectivity index (χ3v) is 9.69. The van der Waals surface area contributed by atoms with Gasteiger partial charge in [-0.1, -0.05) is 141 Å². The van der Waals surface area contributed by atoms with Crippen LogP contribution in [0.5, 0.6) is 0 Å². The molecule has 1 unspecified atom stereocenters. The van der Waals surface area contributed by atoms with Gasteiger partial charge in [0.05, 0.1) is 27.7 Å². The van der Waals surface area contributed by atoms with Crippen molar-refractivity contribution in [2.45, 2.75) is 180 Å². The van der Waals surface area contributed by atoms with Crippen LogP contribution in [0.1, 0.15) is 174 Å². The number of phosphoric acid groups is 1. The fourth-order valence-electron chi connectivity index (χ4n) is 5.45. The summed E-state index contributed by atoms with van der Waals surface area (Å²) in [4.78, 5) is 37.4. The second kappa shape index (κ2) is 34.3. The molecule has 0 aliphatic rings. The molecule has 0 radical (unpaired) electrons. The Morgan fingerprint density at radius 3 is 1.59 bits per heavy atom. The van der Waals surface area contributed by atoms with Crippen molar-refractivity contribution in [2.24, 2.45) is 0 Å². The summed E-state index contributed by atoms with van der Waals surface area (Å²) in [5.74, 6) is -0.848. The van der Waals surface area contributed by atoms with E-state index < -0.39 is 26.5 Å². The minimum absolute atomic E-state index is 0.0322. The van der Waals surface area contributed by atoms with Crippen LogP contribution < -0.4 is 4.89 Å². The SMILES string of the molecule is CCCCC/C=C/C/C=C/CCCCCCCC(=O)O[C@H](COC(=O)CCCCCCCCCCCCCC)COP(=O)([O-])OCC[N+](C)(C)C. The molecule has 0 aromatic rings. The molecule has 9 nitrogen and oxygen atoms in total. The normalized spacial score (nSPS) is 13.9. The number of phosphoric ester groups is 1. The van der Waals surface area contributed by atoms with E-state index in [9.17, 15) is 19.0 Å². The molecule has 0 spiro atoms. The van der Waals surface area contributed by atoms with Gasteiger partial charge in [-0.25, -0.2) is 0 Å². The van der Waals surface area contributed by atoms with E-state index in [1.54, 1.807) is 0 Å². The van der Waals surface area contributed by atoms with Crippen LogP contribution in [0.3, 0.4) is 0 Å². The summed E-state index contributed by atoms with van der Waals surface area (Å²) in [6, 6.07) is 0. The van der Waals surface area contributed by atoms with E-state index in [-0.39, 0.29) is 32.0 Å². The van der Waals surface area contributed by atoms with E-state index in [0.717, 1.165) is 57.8 Å². The lowest BCUT2D eigenvalue weighted by molar-refractivity contribution is -0.870. The highest BCUT2D eigenvalue weighted by molar-refractivity contribution is 7.45. The zero-order valence-corrected chi connectivity index (χ0v) is 34.4. The average Bonchev–Trinajstić information content (AvgIpc) is 3.07. The number of unbranched alkanes of at least 4 members (excludes halogenated alkanes) is 19. The number of esters is 2. The summed E-state index contributed by atoms with van der Waals surface area (Å²) in [6.45, 7) is 4.18. The predicted octanol–water partition coefficient (Wildman–Crippen LogP) is 10.6. The summed E-state index contributed by atoms with van der Waals surface area (Å²) in [5, 5.41) is 0. The number of carbonyl (C=O) groups excluding carboxylic acids is 2. The Kier molecular flexibility index (Phi) is 33.3. The quantitative estimate of drug-likeness (QED) is 0.0203. The Morgan fingerprint density at radius 1 is 0.608 bits per heavy atom. The van der Waals surface area contributed by atoms with Crippen LogP contribution in [0.2, 0.25) is 0 Å². The minimum Gasteiger partial charge on any atom is -0.756 e. The largest absolute Gasteiger partial charge is 0.756 e. The highest BCUT2D eigenvalue weighted by Gasteiger charge is 2.21. The maximum absolute atomic E-state index is 12.6. The number of hydrogen-bond acceptors (Lipinski definition) is 8. The molecule has 300 valence electrons. The molecule has 2 atom stereocenters. The monoisotopic (exact) mass is 744 g/mol. The molecular formula is C41H78NO8P. The zero-order valence-electron chi connectivity index (χ0n) is 33.6. The van der Waals surface area contributed by atoms with E-state index >= 15 is 0 Å². The molecule has 0 aromatic heterocycles. The van der Waals surface area contributed by atoms with E-state index in [1.807, 2.05) is 21.1 Å². The molecule has 0 N–H and O–H groups in total. The summed E-state index contributed by atoms with van der Waals surface area (Å²) < 4.78 is 33.8. The van der Waals surface area contributed by atoms with Crippen LogP contribution in [0, 0.1) is 0 Å². The molecule has 0 heterocycles. The lowest BCUT2D eigenvalue weighted by Crippen LogP contribution is -2.37. The second-order valence-electron chi connectivity index (χ2n) is 15.0. The van der Waals surface area contributed by atoms with Gasteiger partial charge >= 0.3 is 11.9 Å². The van der Waals surface area contributed by atoms with Gasteiger partial charge in [0, 0.05) is 12.8 Å². The van der Waals surface area contributed by atoms with Crippen molar-refractivity contribution in [3.05, 3.63) is 24.3 Å². The van der Waals surface area contributed by atoms with Crippen molar-refractivity contribution >= 4 is 19.8 Å². The molecule has 0 amide bonds. The van der Waals surface area contributed by atoms with Gasteiger partial charge in [0.2, 0.25) is 0 Å². The molecule has 51 heavy (non-hydrogen) atoms. The van der Waals surface area contributed by atoms with Crippen molar-refractivity contribution in [1.29, 1.82) is 0 Å². The summed E-state index contributed by atoms with van der Waals surface area (Å²) in [6.07, 6.45) is 34.8. The summed E-state index contributed by atoms with van der Waals surface area (Å²) in [5.41, 5.74) is 0. The molecular weight excluding hydrogens is 665 g/mol. The lowest BCUT2D eigenvalue weighted by Gasteiger charge is -2.28. The molecule has 0 saturated carbocycles. The number of quaternary nitrogens is 1. The number of hydrogen-bond donors (Lipinski definition) is 0. The second-order valence-corrected chi connectivity index (χ2v) is 16.4. The first-order valence-electron chi connectivity index (χ1n) is 20.5. The Morgan fingerprint density at radius 2 is 1.06 bits per heavy atom. The number of rotatable bonds is 37. The molecule has 0 aliphatic heterocycles. The minimum atomic E-state index is -4.62. The molecule has 0 bridgehead atoms. The van der Waals surface area contributed by atoms with Crippen molar-refractivity contribution in [3.63, 3.8) is 0 Å². The summed E-state index contributed by atoms with van der Waals surface area (Å²) in [7, 11) is 1.16. The first-order chi connectivity index (χ1) is 24.5. The average molecular weight is 744 g/mol. The van der Waals surface area contributed by atoms with Crippen molar-refractivity contribution in [3.8, 4) is 0 Å². The van der Waals surface area contributed by atoms with Crippen molar-refractivity contribution in [2.75, 3.05) is 47.5 Å². The van der Waals surface area contributed by atoms with Gasteiger partial charge in [0.25, 0.3) is 7.82 Å². The van der Waals surface area contributed by atoms with E-state index in [4.69, 9.17) is 18.5 Å². The van der Waals surface area contributed by atoms with E-state index in [0.29, 0.717) is 17.4 Å². The van der Waals surface area contributed by atoms with Crippen LogP contribution in [-0.2, 0) is 32.7 Å². The molecule has 0 aromatic carbocycles. The Labute approximate surface area is 313 Å². The van der Waals surface area contributed by atoms with Crippen molar-refractivity contribution in [1.82, 2.24) is 0 Å². The Hall–Kier alpha value is -1.51. The highest BCUT2D eigenvalue weighted by atomic mass is 31.2. The van der Waals surface area contributed by atoms with Crippen LogP contribution >= 0.6 is 7.82 Å². The fraction of sp³-hybridized carbons (Fsp3) is 0.854. The van der Waals surface area contributed by atoms with Crippen LogP contribution in [0.4, 0.5) is 0 Å². The topological polar surface area (TPSA) is 111 Å². The molecule has 0 saturated heterocycles. The molecule has 10 heteroatoms. The standard InChI is InChI=1S/C41H78NO8P/c1-6-8-10-12-14-16-18-20-21-22-24-26-28-30-32-34-41(44)50-39(38-49-51(45,46)48-36-35-42(3,4)5)37-47-40(43)33-31-29-27-25-23-19-17-15-13-11-9-7-2/h14,16,20-21,39H,6-13,15,17-19,22-38H2,1-5H3/b16-14+,21-20+/t39-/m1/s1. The van der Waals surface area contributed by atoms with Gasteiger partial charge in [-0.2, -0.15) is 0 Å². The maximum Gasteiger partial charge on any atom is 0.306 e. The molecule has 0 aliphatic carbocycles. The lowest BCUT2D eigenvalue weighted by atomic mass is 10.0. The van der Waals surface area contributed by atoms with Crippen molar-refractivity contribution < 1.29 is 42.1 Å². The van der Waals surface area contributed by atoms with Crippen LogP contribution in [0.25, 0.3) is 0 Å². The smallest absolute Gasteiger partial charge is 0.306 e. The van der Waals surface area contributed by atoms with Crippen LogP contribution in [0.15, 0.2) is 24.3 Å². The fourth-order valence-corrected chi connectivity index (χ4v) is 6.18. The summed E-state index contributed by atoms with van der Waals surface area (Å²) >= 11 is 0. The predicted molar refractivity (Wildman–Crippen MR) is 208 cm³/mol. The van der Waals surface area contributed by atoms with Crippen LogP contribution in [-0.4, -0.2) is 70.0 Å². The van der Waals surface area contributed by atoms with Gasteiger partial charge in [0.1, 0.15) is 19.8 Å².